The average molecular weight is 357 g/mol. The quantitative estimate of drug-likeness (QED) is 0.827. The van der Waals surface area contributed by atoms with Gasteiger partial charge in [0.25, 0.3) is 0 Å². The van der Waals surface area contributed by atoms with Crippen LogP contribution >= 0.6 is 11.3 Å². The summed E-state index contributed by atoms with van der Waals surface area (Å²) in [5.41, 5.74) is 1.21. The molecular weight excluding hydrogens is 334 g/mol. The predicted molar refractivity (Wildman–Crippen MR) is 98.3 cm³/mol. The van der Waals surface area contributed by atoms with Gasteiger partial charge in [0.15, 0.2) is 0 Å². The molecule has 1 aliphatic heterocycles. The van der Waals surface area contributed by atoms with Gasteiger partial charge in [-0.15, -0.1) is 11.3 Å². The zero-order chi connectivity index (χ0) is 17.5. The monoisotopic (exact) mass is 357 g/mol. The van der Waals surface area contributed by atoms with Gasteiger partial charge in [0.05, 0.1) is 10.9 Å². The number of piperidine rings is 1. The van der Waals surface area contributed by atoms with Gasteiger partial charge in [-0.2, -0.15) is 0 Å². The second-order valence-electron chi connectivity index (χ2n) is 6.28. The summed E-state index contributed by atoms with van der Waals surface area (Å²) in [6.07, 6.45) is 4.46. The van der Waals surface area contributed by atoms with E-state index in [2.05, 4.69) is 22.4 Å². The molecule has 2 aromatic rings. The lowest BCUT2D eigenvalue weighted by Gasteiger charge is -2.32. The SMILES string of the molecule is O=C(NCCc1nccs1)C1CCC(=O)N(CCc2ccccc2)C1. The summed E-state index contributed by atoms with van der Waals surface area (Å²) in [4.78, 5) is 30.6. The number of rotatable bonds is 7. The molecule has 2 heterocycles. The van der Waals surface area contributed by atoms with Crippen LogP contribution in [0, 0.1) is 5.92 Å². The van der Waals surface area contributed by atoms with Crippen molar-refractivity contribution in [2.24, 2.45) is 5.92 Å². The van der Waals surface area contributed by atoms with E-state index < -0.39 is 0 Å². The van der Waals surface area contributed by atoms with Gasteiger partial charge in [-0.05, 0) is 18.4 Å². The van der Waals surface area contributed by atoms with Gasteiger partial charge in [-0.1, -0.05) is 30.3 Å². The van der Waals surface area contributed by atoms with Crippen LogP contribution < -0.4 is 5.32 Å². The highest BCUT2D eigenvalue weighted by atomic mass is 32.1. The summed E-state index contributed by atoms with van der Waals surface area (Å²) < 4.78 is 0. The van der Waals surface area contributed by atoms with Crippen LogP contribution in [0.3, 0.4) is 0 Å². The Morgan fingerprint density at radius 1 is 1.28 bits per heavy atom. The van der Waals surface area contributed by atoms with Crippen molar-refractivity contribution in [2.75, 3.05) is 19.6 Å². The van der Waals surface area contributed by atoms with E-state index >= 15 is 0 Å². The third-order valence-corrected chi connectivity index (χ3v) is 5.35. The molecule has 0 saturated carbocycles. The number of hydrogen-bond acceptors (Lipinski definition) is 4. The van der Waals surface area contributed by atoms with E-state index in [0.717, 1.165) is 17.8 Å². The summed E-state index contributed by atoms with van der Waals surface area (Å²) in [5.74, 6) is 0.0984. The number of hydrogen-bond donors (Lipinski definition) is 1. The van der Waals surface area contributed by atoms with Crippen molar-refractivity contribution in [1.82, 2.24) is 15.2 Å². The first kappa shape index (κ1) is 17.6. The van der Waals surface area contributed by atoms with Crippen molar-refractivity contribution in [3.05, 3.63) is 52.5 Å². The maximum Gasteiger partial charge on any atom is 0.224 e. The first-order valence-corrected chi connectivity index (χ1v) is 9.58. The Kier molecular flexibility index (Phi) is 6.17. The van der Waals surface area contributed by atoms with Crippen molar-refractivity contribution in [3.63, 3.8) is 0 Å². The van der Waals surface area contributed by atoms with Gasteiger partial charge in [-0.3, -0.25) is 9.59 Å². The van der Waals surface area contributed by atoms with Crippen LogP contribution in [0.2, 0.25) is 0 Å². The fourth-order valence-corrected chi connectivity index (χ4v) is 3.69. The lowest BCUT2D eigenvalue weighted by molar-refractivity contribution is -0.138. The molecule has 0 bridgehead atoms. The smallest absolute Gasteiger partial charge is 0.224 e. The first-order valence-electron chi connectivity index (χ1n) is 8.70. The van der Waals surface area contributed by atoms with E-state index in [-0.39, 0.29) is 17.7 Å². The number of nitrogens with zero attached hydrogens (tertiary/aromatic N) is 2. The first-order chi connectivity index (χ1) is 12.2. The van der Waals surface area contributed by atoms with Crippen LogP contribution in [0.15, 0.2) is 41.9 Å². The van der Waals surface area contributed by atoms with Gasteiger partial charge in [0, 0.05) is 44.1 Å². The van der Waals surface area contributed by atoms with Crippen LogP contribution in [0.1, 0.15) is 23.4 Å². The number of nitrogens with one attached hydrogen (secondary N) is 1. The Morgan fingerprint density at radius 3 is 2.88 bits per heavy atom. The van der Waals surface area contributed by atoms with Gasteiger partial charge in [0.2, 0.25) is 11.8 Å². The zero-order valence-electron chi connectivity index (χ0n) is 14.2. The maximum absolute atomic E-state index is 12.4. The molecule has 1 aromatic heterocycles. The number of likely N-dealkylation sites (tertiary alicyclic amines) is 1. The molecule has 0 aliphatic carbocycles. The normalized spacial score (nSPS) is 17.5. The molecule has 132 valence electrons. The molecule has 1 aliphatic rings. The topological polar surface area (TPSA) is 62.3 Å². The van der Waals surface area contributed by atoms with Crippen molar-refractivity contribution in [2.45, 2.75) is 25.7 Å². The van der Waals surface area contributed by atoms with Gasteiger partial charge >= 0.3 is 0 Å². The van der Waals surface area contributed by atoms with Crippen molar-refractivity contribution < 1.29 is 9.59 Å². The predicted octanol–water partition coefficient (Wildman–Crippen LogP) is 2.28. The number of amides is 2. The minimum atomic E-state index is -0.107. The van der Waals surface area contributed by atoms with Crippen LogP contribution in [0.4, 0.5) is 0 Å². The molecule has 1 unspecified atom stereocenters. The molecule has 3 rings (SSSR count). The third-order valence-electron chi connectivity index (χ3n) is 4.51. The number of carbonyl (C=O) groups excluding carboxylic acids is 2. The molecule has 5 nitrogen and oxygen atoms in total. The molecule has 1 fully saturated rings. The molecule has 0 spiro atoms. The van der Waals surface area contributed by atoms with E-state index in [1.807, 2.05) is 28.5 Å². The summed E-state index contributed by atoms with van der Waals surface area (Å²) in [5, 5.41) is 5.96. The van der Waals surface area contributed by atoms with Crippen molar-refractivity contribution in [3.8, 4) is 0 Å². The Morgan fingerprint density at radius 2 is 2.12 bits per heavy atom. The number of carbonyl (C=O) groups is 2. The lowest BCUT2D eigenvalue weighted by atomic mass is 9.96. The maximum atomic E-state index is 12.4. The van der Waals surface area contributed by atoms with E-state index in [0.29, 0.717) is 32.5 Å². The fourth-order valence-electron chi connectivity index (χ4n) is 3.07. The van der Waals surface area contributed by atoms with E-state index in [1.165, 1.54) is 5.56 Å². The summed E-state index contributed by atoms with van der Waals surface area (Å²) >= 11 is 1.60. The van der Waals surface area contributed by atoms with Crippen molar-refractivity contribution >= 4 is 23.2 Å². The summed E-state index contributed by atoms with van der Waals surface area (Å²) in [6, 6.07) is 10.1. The largest absolute Gasteiger partial charge is 0.355 e. The molecule has 1 saturated heterocycles. The fraction of sp³-hybridized carbons (Fsp3) is 0.421. The highest BCUT2D eigenvalue weighted by Crippen LogP contribution is 2.18. The summed E-state index contributed by atoms with van der Waals surface area (Å²) in [7, 11) is 0. The molecule has 0 radical (unpaired) electrons. The van der Waals surface area contributed by atoms with E-state index in [1.54, 1.807) is 17.5 Å². The molecule has 2 amide bonds. The van der Waals surface area contributed by atoms with Crippen LogP contribution in [0.25, 0.3) is 0 Å². The lowest BCUT2D eigenvalue weighted by Crippen LogP contribution is -2.46. The van der Waals surface area contributed by atoms with Crippen molar-refractivity contribution in [1.29, 1.82) is 0 Å². The Hall–Kier alpha value is -2.21. The third kappa shape index (κ3) is 5.13. The number of benzene rings is 1. The van der Waals surface area contributed by atoms with E-state index in [9.17, 15) is 9.59 Å². The molecular formula is C19H23N3O2S. The molecule has 1 atom stereocenters. The zero-order valence-corrected chi connectivity index (χ0v) is 15.0. The Balaban J connectivity index is 1.45. The number of aromatic nitrogens is 1. The highest BCUT2D eigenvalue weighted by molar-refractivity contribution is 7.09. The standard InChI is InChI=1S/C19H23N3O2S/c23-18-7-6-16(19(24)21-10-8-17-20-11-13-25-17)14-22(18)12-9-15-4-2-1-3-5-15/h1-5,11,13,16H,6-10,12,14H2,(H,21,24). The second kappa shape index (κ2) is 8.76. The van der Waals surface area contributed by atoms with Gasteiger partial charge in [0.1, 0.15) is 0 Å². The van der Waals surface area contributed by atoms with E-state index in [4.69, 9.17) is 0 Å². The molecule has 25 heavy (non-hydrogen) atoms. The average Bonchev–Trinajstić information content (AvgIpc) is 3.15. The Labute approximate surface area is 152 Å². The minimum absolute atomic E-state index is 0.0498. The van der Waals surface area contributed by atoms with Gasteiger partial charge in [-0.25, -0.2) is 4.98 Å². The molecule has 6 heteroatoms. The van der Waals surface area contributed by atoms with Crippen LogP contribution in [-0.2, 0) is 22.4 Å². The highest BCUT2D eigenvalue weighted by Gasteiger charge is 2.29. The number of thiazole rings is 1. The summed E-state index contributed by atoms with van der Waals surface area (Å²) in [6.45, 7) is 1.79. The minimum Gasteiger partial charge on any atom is -0.355 e. The Bertz CT molecular complexity index is 688. The van der Waals surface area contributed by atoms with Gasteiger partial charge < -0.3 is 10.2 Å². The molecule has 1 N–H and O–H groups in total. The molecule has 1 aromatic carbocycles. The van der Waals surface area contributed by atoms with Crippen LogP contribution in [-0.4, -0.2) is 41.3 Å². The van der Waals surface area contributed by atoms with Crippen LogP contribution in [0.5, 0.6) is 0 Å². The second-order valence-corrected chi connectivity index (χ2v) is 7.26.